The Morgan fingerprint density at radius 2 is 1.85 bits per heavy atom. The highest BCUT2D eigenvalue weighted by molar-refractivity contribution is 5.69. The van der Waals surface area contributed by atoms with Crippen molar-refractivity contribution in [3.05, 3.63) is 35.9 Å². The molecule has 0 aliphatic carbocycles. The number of rotatable bonds is 11. The number of carbonyl (C=O) groups excluding carboxylic acids is 1. The van der Waals surface area contributed by atoms with Crippen LogP contribution in [0.25, 0.3) is 0 Å². The van der Waals surface area contributed by atoms with Crippen LogP contribution in [-0.2, 0) is 16.0 Å². The number of aromatic hydroxyl groups is 2. The Hall–Kier alpha value is -1.97. The number of hydrogen-bond donors (Lipinski definition) is 2. The van der Waals surface area contributed by atoms with Crippen LogP contribution in [0.3, 0.4) is 0 Å². The summed E-state index contributed by atoms with van der Waals surface area (Å²) >= 11 is 0. The molecule has 0 atom stereocenters. The standard InChI is InChI=1S/C23H36O4/c1-6-22(2,3)14-8-15-23(4,5)13-7-9-21(26)27-16-12-18-10-11-19(24)20(25)17-18/h8,10-11,14,17,24-25H,6-7,9,12-13,15-16H2,1-5H3/b14-8-. The third-order valence-electron chi connectivity index (χ3n) is 5.08. The monoisotopic (exact) mass is 376 g/mol. The van der Waals surface area contributed by atoms with E-state index < -0.39 is 0 Å². The van der Waals surface area contributed by atoms with Crippen molar-refractivity contribution in [3.8, 4) is 11.5 Å². The van der Waals surface area contributed by atoms with E-state index >= 15 is 0 Å². The van der Waals surface area contributed by atoms with Gasteiger partial charge in [0, 0.05) is 12.8 Å². The minimum Gasteiger partial charge on any atom is -0.504 e. The summed E-state index contributed by atoms with van der Waals surface area (Å²) in [5, 5.41) is 18.7. The number of benzene rings is 1. The molecular formula is C23H36O4. The molecule has 0 heterocycles. The van der Waals surface area contributed by atoms with Gasteiger partial charge in [-0.25, -0.2) is 0 Å². The average molecular weight is 377 g/mol. The molecule has 0 spiro atoms. The minimum absolute atomic E-state index is 0.147. The second-order valence-corrected chi connectivity index (χ2v) is 8.76. The van der Waals surface area contributed by atoms with Crippen molar-refractivity contribution >= 4 is 5.97 Å². The van der Waals surface area contributed by atoms with Crippen LogP contribution in [0.1, 0.15) is 72.3 Å². The van der Waals surface area contributed by atoms with Gasteiger partial charge in [0.2, 0.25) is 0 Å². The van der Waals surface area contributed by atoms with Crippen molar-refractivity contribution < 1.29 is 19.7 Å². The van der Waals surface area contributed by atoms with E-state index in [0.29, 0.717) is 12.8 Å². The van der Waals surface area contributed by atoms with Crippen molar-refractivity contribution in [3.63, 3.8) is 0 Å². The quantitative estimate of drug-likeness (QED) is 0.293. The van der Waals surface area contributed by atoms with Crippen LogP contribution in [-0.4, -0.2) is 22.8 Å². The molecule has 152 valence electrons. The van der Waals surface area contributed by atoms with Gasteiger partial charge in [-0.15, -0.1) is 0 Å². The molecule has 0 bridgehead atoms. The van der Waals surface area contributed by atoms with E-state index in [2.05, 4.69) is 46.8 Å². The topological polar surface area (TPSA) is 66.8 Å². The van der Waals surface area contributed by atoms with Gasteiger partial charge in [0.15, 0.2) is 11.5 Å². The molecule has 0 amide bonds. The Balaban J connectivity index is 2.26. The maximum Gasteiger partial charge on any atom is 0.305 e. The molecule has 0 aliphatic heterocycles. The zero-order valence-electron chi connectivity index (χ0n) is 17.5. The Morgan fingerprint density at radius 1 is 1.15 bits per heavy atom. The van der Waals surface area contributed by atoms with Crippen molar-refractivity contribution in [2.24, 2.45) is 10.8 Å². The predicted octanol–water partition coefficient (Wildman–Crippen LogP) is 5.76. The molecule has 0 aromatic heterocycles. The van der Waals surface area contributed by atoms with Crippen LogP contribution < -0.4 is 0 Å². The highest BCUT2D eigenvalue weighted by atomic mass is 16.5. The van der Waals surface area contributed by atoms with E-state index in [0.717, 1.165) is 31.2 Å². The molecule has 0 radical (unpaired) electrons. The molecular weight excluding hydrogens is 340 g/mol. The van der Waals surface area contributed by atoms with Crippen LogP contribution in [0.5, 0.6) is 11.5 Å². The molecule has 0 fully saturated rings. The Labute approximate surface area is 164 Å². The average Bonchev–Trinajstić information content (AvgIpc) is 2.57. The van der Waals surface area contributed by atoms with E-state index in [9.17, 15) is 15.0 Å². The number of carbonyl (C=O) groups is 1. The highest BCUT2D eigenvalue weighted by Gasteiger charge is 2.18. The second-order valence-electron chi connectivity index (χ2n) is 8.76. The summed E-state index contributed by atoms with van der Waals surface area (Å²) in [5.74, 6) is -0.486. The van der Waals surface area contributed by atoms with E-state index in [1.54, 1.807) is 6.07 Å². The van der Waals surface area contributed by atoms with Gasteiger partial charge in [-0.2, -0.15) is 0 Å². The van der Waals surface area contributed by atoms with Crippen molar-refractivity contribution in [2.75, 3.05) is 6.61 Å². The lowest BCUT2D eigenvalue weighted by molar-refractivity contribution is -0.143. The maximum atomic E-state index is 11.9. The Kier molecular flexibility index (Phi) is 8.87. The highest BCUT2D eigenvalue weighted by Crippen LogP contribution is 2.30. The number of ether oxygens (including phenoxy) is 1. The van der Waals surface area contributed by atoms with E-state index in [4.69, 9.17) is 4.74 Å². The van der Waals surface area contributed by atoms with Gasteiger partial charge in [-0.3, -0.25) is 4.79 Å². The van der Waals surface area contributed by atoms with Crippen LogP contribution >= 0.6 is 0 Å². The smallest absolute Gasteiger partial charge is 0.305 e. The first kappa shape index (κ1) is 23.1. The van der Waals surface area contributed by atoms with Gasteiger partial charge in [0.25, 0.3) is 0 Å². The largest absolute Gasteiger partial charge is 0.504 e. The molecule has 4 nitrogen and oxygen atoms in total. The number of phenolic OH excluding ortho intramolecular Hbond substituents is 2. The zero-order chi connectivity index (χ0) is 20.5. The van der Waals surface area contributed by atoms with E-state index in [1.165, 1.54) is 12.1 Å². The molecule has 0 saturated carbocycles. The first-order valence-corrected chi connectivity index (χ1v) is 9.89. The third kappa shape index (κ3) is 9.50. The summed E-state index contributed by atoms with van der Waals surface area (Å²) in [4.78, 5) is 11.9. The minimum atomic E-state index is -0.184. The number of phenols is 2. The molecule has 0 unspecified atom stereocenters. The fourth-order valence-electron chi connectivity index (χ4n) is 2.71. The maximum absolute atomic E-state index is 11.9. The van der Waals surface area contributed by atoms with Crippen LogP contribution in [0.15, 0.2) is 30.4 Å². The lowest BCUT2D eigenvalue weighted by atomic mass is 9.82. The van der Waals surface area contributed by atoms with Gasteiger partial charge in [0.1, 0.15) is 0 Å². The van der Waals surface area contributed by atoms with Gasteiger partial charge in [-0.1, -0.05) is 52.8 Å². The number of hydrogen-bond acceptors (Lipinski definition) is 4. The fraction of sp³-hybridized carbons (Fsp3) is 0.609. The van der Waals surface area contributed by atoms with E-state index in [-0.39, 0.29) is 34.9 Å². The lowest BCUT2D eigenvalue weighted by Gasteiger charge is -2.24. The summed E-state index contributed by atoms with van der Waals surface area (Å²) in [6, 6.07) is 4.63. The molecule has 4 heteroatoms. The molecule has 2 N–H and O–H groups in total. The van der Waals surface area contributed by atoms with Crippen LogP contribution in [0, 0.1) is 10.8 Å². The van der Waals surface area contributed by atoms with Gasteiger partial charge in [0.05, 0.1) is 6.61 Å². The molecule has 0 aliphatic rings. The molecule has 1 rings (SSSR count). The summed E-state index contributed by atoms with van der Waals surface area (Å²) < 4.78 is 5.27. The fourth-order valence-corrected chi connectivity index (χ4v) is 2.71. The first-order valence-electron chi connectivity index (χ1n) is 9.89. The number of allylic oxidation sites excluding steroid dienone is 2. The third-order valence-corrected chi connectivity index (χ3v) is 5.08. The molecule has 1 aromatic carbocycles. The van der Waals surface area contributed by atoms with Gasteiger partial charge < -0.3 is 14.9 Å². The second kappa shape index (κ2) is 10.4. The van der Waals surface area contributed by atoms with Crippen molar-refractivity contribution in [1.82, 2.24) is 0 Å². The van der Waals surface area contributed by atoms with Crippen molar-refractivity contribution in [2.45, 2.75) is 73.1 Å². The predicted molar refractivity (Wildman–Crippen MR) is 110 cm³/mol. The number of esters is 1. The van der Waals surface area contributed by atoms with Crippen LogP contribution in [0.2, 0.25) is 0 Å². The summed E-state index contributed by atoms with van der Waals surface area (Å²) in [6.45, 7) is 11.4. The Bertz CT molecular complexity index is 629. The molecule has 27 heavy (non-hydrogen) atoms. The molecule has 0 saturated heterocycles. The van der Waals surface area contributed by atoms with E-state index in [1.807, 2.05) is 0 Å². The van der Waals surface area contributed by atoms with Crippen molar-refractivity contribution in [1.29, 1.82) is 0 Å². The SMILES string of the molecule is CCC(C)(C)/C=C\CC(C)(C)CCCC(=O)OCCc1ccc(O)c(O)c1. The zero-order valence-corrected chi connectivity index (χ0v) is 17.5. The van der Waals surface area contributed by atoms with Gasteiger partial charge >= 0.3 is 5.97 Å². The summed E-state index contributed by atoms with van der Waals surface area (Å²) in [7, 11) is 0. The summed E-state index contributed by atoms with van der Waals surface area (Å²) in [6.07, 6.45) is 9.44. The van der Waals surface area contributed by atoms with Gasteiger partial charge in [-0.05, 0) is 54.2 Å². The first-order chi connectivity index (χ1) is 12.5. The molecule has 1 aromatic rings. The summed E-state index contributed by atoms with van der Waals surface area (Å²) in [5.41, 5.74) is 1.24. The Morgan fingerprint density at radius 3 is 2.48 bits per heavy atom. The normalized spacial score (nSPS) is 12.5. The van der Waals surface area contributed by atoms with Crippen LogP contribution in [0.4, 0.5) is 0 Å². The lowest BCUT2D eigenvalue weighted by Crippen LogP contribution is -2.13.